The third kappa shape index (κ3) is 3.18. The van der Waals surface area contributed by atoms with Crippen molar-refractivity contribution in [2.75, 3.05) is 13.2 Å². The maximum Gasteiger partial charge on any atom is 0.329 e. The molecule has 27 heavy (non-hydrogen) atoms. The number of aromatic nitrogens is 1. The topological polar surface area (TPSA) is 57.5 Å². The second-order valence-corrected chi connectivity index (χ2v) is 6.96. The molecule has 0 atom stereocenters. The molecule has 0 spiro atoms. The van der Waals surface area contributed by atoms with Crippen LogP contribution >= 0.6 is 12.2 Å². The van der Waals surface area contributed by atoms with Gasteiger partial charge in [0.1, 0.15) is 0 Å². The molecule has 3 rings (SSSR count). The van der Waals surface area contributed by atoms with Crippen LogP contribution in [0.5, 0.6) is 0 Å². The molecule has 0 saturated carbocycles. The van der Waals surface area contributed by atoms with Crippen molar-refractivity contribution in [2.24, 2.45) is 0 Å². The lowest BCUT2D eigenvalue weighted by Crippen LogP contribution is -2.44. The van der Waals surface area contributed by atoms with Crippen molar-refractivity contribution in [3.63, 3.8) is 0 Å². The first-order valence-electron chi connectivity index (χ1n) is 9.11. The van der Waals surface area contributed by atoms with Gasteiger partial charge in [0, 0.05) is 12.2 Å². The fraction of sp³-hybridized carbons (Fsp3) is 0.381. The van der Waals surface area contributed by atoms with Crippen molar-refractivity contribution in [3.8, 4) is 0 Å². The molecule has 1 aliphatic heterocycles. The number of benzene rings is 1. The van der Waals surface area contributed by atoms with Gasteiger partial charge in [-0.15, -0.1) is 0 Å². The van der Waals surface area contributed by atoms with Crippen molar-refractivity contribution < 1.29 is 19.1 Å². The van der Waals surface area contributed by atoms with Gasteiger partial charge in [0.2, 0.25) is 5.41 Å². The SMILES string of the molecule is CCOC(=O)C1(C(=O)OCC)CCn2c(C(=S)c3ccc(C)cc3)ccc21. The molecule has 1 aromatic heterocycles. The number of carbonyl (C=O) groups excluding carboxylic acids is 2. The molecule has 6 heteroatoms. The van der Waals surface area contributed by atoms with Gasteiger partial charge in [-0.25, -0.2) is 0 Å². The summed E-state index contributed by atoms with van der Waals surface area (Å²) in [5.41, 5.74) is 2.07. The fourth-order valence-electron chi connectivity index (χ4n) is 3.54. The summed E-state index contributed by atoms with van der Waals surface area (Å²) >= 11 is 5.68. The Kier molecular flexibility index (Phi) is 5.46. The second kappa shape index (κ2) is 7.64. The van der Waals surface area contributed by atoms with E-state index in [0.717, 1.165) is 16.8 Å². The monoisotopic (exact) mass is 385 g/mol. The average molecular weight is 385 g/mol. The Morgan fingerprint density at radius 3 is 2.19 bits per heavy atom. The predicted octanol–water partition coefficient (Wildman–Crippen LogP) is 3.33. The standard InChI is InChI=1S/C21H23NO4S/c1-4-25-19(23)21(20(24)26-5-2)12-13-22-16(10-11-17(21)22)18(27)15-8-6-14(3)7-9-15/h6-11H,4-5,12-13H2,1-3H3. The van der Waals surface area contributed by atoms with E-state index >= 15 is 0 Å². The molecule has 0 unspecified atom stereocenters. The molecule has 2 heterocycles. The van der Waals surface area contributed by atoms with Crippen LogP contribution in [0.4, 0.5) is 0 Å². The number of aryl methyl sites for hydroxylation is 1. The maximum absolute atomic E-state index is 12.8. The molecule has 0 fully saturated rings. The van der Waals surface area contributed by atoms with E-state index in [-0.39, 0.29) is 13.2 Å². The van der Waals surface area contributed by atoms with E-state index in [4.69, 9.17) is 21.7 Å². The van der Waals surface area contributed by atoms with Gasteiger partial charge in [0.05, 0.1) is 23.8 Å². The molecule has 142 valence electrons. The van der Waals surface area contributed by atoms with Crippen LogP contribution in [0.3, 0.4) is 0 Å². The summed E-state index contributed by atoms with van der Waals surface area (Å²) in [6, 6.07) is 11.6. The van der Waals surface area contributed by atoms with Crippen LogP contribution < -0.4 is 0 Å². The number of hydrogen-bond donors (Lipinski definition) is 0. The largest absolute Gasteiger partial charge is 0.465 e. The van der Waals surface area contributed by atoms with Crippen LogP contribution in [-0.4, -0.2) is 34.6 Å². The molecule has 1 aromatic carbocycles. The van der Waals surface area contributed by atoms with Crippen molar-refractivity contribution in [2.45, 2.75) is 39.2 Å². The highest BCUT2D eigenvalue weighted by Gasteiger charge is 2.55. The lowest BCUT2D eigenvalue weighted by Gasteiger charge is -2.23. The van der Waals surface area contributed by atoms with Gasteiger partial charge in [-0.2, -0.15) is 0 Å². The predicted molar refractivity (Wildman–Crippen MR) is 106 cm³/mol. The third-order valence-corrected chi connectivity index (χ3v) is 5.37. The van der Waals surface area contributed by atoms with Gasteiger partial charge in [-0.3, -0.25) is 9.59 Å². The van der Waals surface area contributed by atoms with E-state index in [9.17, 15) is 9.59 Å². The summed E-state index contributed by atoms with van der Waals surface area (Å²) in [5, 5.41) is 0. The summed E-state index contributed by atoms with van der Waals surface area (Å²) in [7, 11) is 0. The fourth-order valence-corrected chi connectivity index (χ4v) is 3.86. The molecule has 0 saturated heterocycles. The summed E-state index contributed by atoms with van der Waals surface area (Å²) < 4.78 is 12.4. The Labute approximate surface area is 164 Å². The maximum atomic E-state index is 12.8. The van der Waals surface area contributed by atoms with Crippen LogP contribution in [0, 0.1) is 6.92 Å². The minimum absolute atomic E-state index is 0.204. The van der Waals surface area contributed by atoms with Crippen molar-refractivity contribution in [1.29, 1.82) is 0 Å². The molecule has 0 bridgehead atoms. The Balaban J connectivity index is 2.04. The van der Waals surface area contributed by atoms with Crippen LogP contribution in [0.1, 0.15) is 42.8 Å². The number of ether oxygens (including phenoxy) is 2. The molecular weight excluding hydrogens is 362 g/mol. The highest BCUT2D eigenvalue weighted by Crippen LogP contribution is 2.39. The van der Waals surface area contributed by atoms with Crippen LogP contribution in [0.15, 0.2) is 36.4 Å². The van der Waals surface area contributed by atoms with E-state index in [1.54, 1.807) is 19.9 Å². The van der Waals surface area contributed by atoms with Gasteiger partial charge < -0.3 is 14.0 Å². The van der Waals surface area contributed by atoms with Gasteiger partial charge in [0.15, 0.2) is 0 Å². The van der Waals surface area contributed by atoms with Gasteiger partial charge in [0.25, 0.3) is 0 Å². The smallest absolute Gasteiger partial charge is 0.329 e. The summed E-state index contributed by atoms with van der Waals surface area (Å²) in [6.07, 6.45) is 0.310. The van der Waals surface area contributed by atoms with Crippen molar-refractivity contribution in [1.82, 2.24) is 4.57 Å². The highest BCUT2D eigenvalue weighted by atomic mass is 32.1. The van der Waals surface area contributed by atoms with Gasteiger partial charge in [-0.1, -0.05) is 42.0 Å². The number of carbonyl (C=O) groups is 2. The quantitative estimate of drug-likeness (QED) is 0.330. The number of hydrogen-bond acceptors (Lipinski definition) is 5. The molecule has 0 aliphatic carbocycles. The number of rotatable bonds is 6. The lowest BCUT2D eigenvalue weighted by molar-refractivity contribution is -0.164. The Morgan fingerprint density at radius 2 is 1.63 bits per heavy atom. The number of fused-ring (bicyclic) bond motifs is 1. The zero-order valence-electron chi connectivity index (χ0n) is 15.8. The first-order valence-corrected chi connectivity index (χ1v) is 9.52. The molecule has 2 aromatic rings. The summed E-state index contributed by atoms with van der Waals surface area (Å²) in [5.74, 6) is -1.12. The van der Waals surface area contributed by atoms with E-state index in [0.29, 0.717) is 23.5 Å². The van der Waals surface area contributed by atoms with E-state index in [1.165, 1.54) is 0 Å². The van der Waals surface area contributed by atoms with E-state index in [2.05, 4.69) is 0 Å². The zero-order valence-corrected chi connectivity index (χ0v) is 16.6. The Morgan fingerprint density at radius 1 is 1.04 bits per heavy atom. The summed E-state index contributed by atoms with van der Waals surface area (Å²) in [6.45, 7) is 6.38. The normalized spacial score (nSPS) is 14.5. The molecule has 0 radical (unpaired) electrons. The average Bonchev–Trinajstić information content (AvgIpc) is 3.23. The Bertz CT molecular complexity index is 864. The second-order valence-electron chi connectivity index (χ2n) is 6.55. The van der Waals surface area contributed by atoms with E-state index < -0.39 is 17.4 Å². The highest BCUT2D eigenvalue weighted by molar-refractivity contribution is 7.81. The van der Waals surface area contributed by atoms with Crippen LogP contribution in [0.2, 0.25) is 0 Å². The Hall–Kier alpha value is -2.47. The lowest BCUT2D eigenvalue weighted by atomic mass is 9.83. The zero-order chi connectivity index (χ0) is 19.6. The first-order chi connectivity index (χ1) is 13.0. The van der Waals surface area contributed by atoms with Crippen LogP contribution in [-0.2, 0) is 31.0 Å². The van der Waals surface area contributed by atoms with Crippen LogP contribution in [0.25, 0.3) is 0 Å². The minimum Gasteiger partial charge on any atom is -0.465 e. The minimum atomic E-state index is -1.42. The molecular formula is C21H23NO4S. The van der Waals surface area contributed by atoms with Gasteiger partial charge in [-0.05, 0) is 44.9 Å². The number of thiocarbonyl (C=S) groups is 1. The van der Waals surface area contributed by atoms with Crippen molar-refractivity contribution >= 4 is 29.0 Å². The third-order valence-electron chi connectivity index (χ3n) is 4.92. The van der Waals surface area contributed by atoms with Crippen molar-refractivity contribution in [3.05, 3.63) is 58.9 Å². The van der Waals surface area contributed by atoms with E-state index in [1.807, 2.05) is 41.8 Å². The molecule has 1 aliphatic rings. The summed E-state index contributed by atoms with van der Waals surface area (Å²) in [4.78, 5) is 26.2. The molecule has 5 nitrogen and oxygen atoms in total. The first kappa shape index (κ1) is 19.3. The number of esters is 2. The molecule has 0 N–H and O–H groups in total. The van der Waals surface area contributed by atoms with Gasteiger partial charge >= 0.3 is 11.9 Å². The molecule has 0 amide bonds. The number of nitrogens with zero attached hydrogens (tertiary/aromatic N) is 1.